The van der Waals surface area contributed by atoms with Crippen molar-refractivity contribution in [2.24, 2.45) is 0 Å². The summed E-state index contributed by atoms with van der Waals surface area (Å²) in [4.78, 5) is 11.1. The molecule has 1 saturated carbocycles. The summed E-state index contributed by atoms with van der Waals surface area (Å²) in [5.41, 5.74) is -0.252. The van der Waals surface area contributed by atoms with E-state index in [0.717, 1.165) is 32.3 Å². The van der Waals surface area contributed by atoms with Gasteiger partial charge in [0.15, 0.2) is 5.78 Å². The van der Waals surface area contributed by atoms with Crippen LogP contribution in [0.1, 0.15) is 25.7 Å². The molecule has 0 aromatic rings. The first-order valence-corrected chi connectivity index (χ1v) is 3.51. The highest BCUT2D eigenvalue weighted by Gasteiger charge is 2.51. The Morgan fingerprint density at radius 2 is 2.22 bits per heavy atom. The van der Waals surface area contributed by atoms with Crippen LogP contribution >= 0.6 is 0 Å². The van der Waals surface area contributed by atoms with Gasteiger partial charge in [-0.3, -0.25) is 4.79 Å². The molecule has 0 unspecified atom stereocenters. The van der Waals surface area contributed by atoms with Gasteiger partial charge in [0.25, 0.3) is 0 Å². The smallest absolute Gasteiger partial charge is 0.164 e. The van der Waals surface area contributed by atoms with Crippen molar-refractivity contribution in [1.29, 1.82) is 0 Å². The Labute approximate surface area is 54.2 Å². The Kier molecular flexibility index (Phi) is 0.943. The van der Waals surface area contributed by atoms with Crippen LogP contribution in [-0.4, -0.2) is 18.0 Å². The van der Waals surface area contributed by atoms with Crippen LogP contribution in [0.25, 0.3) is 0 Å². The van der Waals surface area contributed by atoms with Crippen molar-refractivity contribution in [3.8, 4) is 0 Å². The quantitative estimate of drug-likeness (QED) is 0.482. The Morgan fingerprint density at radius 3 is 2.67 bits per heavy atom. The molecule has 50 valence electrons. The molecule has 0 aromatic heterocycles. The fourth-order valence-corrected chi connectivity index (χ4v) is 1.35. The molecule has 2 nitrogen and oxygen atoms in total. The molecule has 0 atom stereocenters. The number of rotatable bonds is 0. The standard InChI is InChI=1S/C7H10O2/c8-6-2-1-5-9-7(6)3-4-7/h1-5H2. The van der Waals surface area contributed by atoms with Crippen molar-refractivity contribution < 1.29 is 9.53 Å². The fraction of sp³-hybridized carbons (Fsp3) is 0.857. The van der Waals surface area contributed by atoms with Crippen LogP contribution in [0.2, 0.25) is 0 Å². The summed E-state index contributed by atoms with van der Waals surface area (Å²) in [6.45, 7) is 0.797. The number of hydrogen-bond acceptors (Lipinski definition) is 2. The first-order valence-electron chi connectivity index (χ1n) is 3.51. The molecule has 1 saturated heterocycles. The second kappa shape index (κ2) is 1.57. The lowest BCUT2D eigenvalue weighted by molar-refractivity contribution is -0.138. The Hall–Kier alpha value is -0.370. The van der Waals surface area contributed by atoms with Gasteiger partial charge in [0.05, 0.1) is 0 Å². The number of ketones is 1. The Balaban J connectivity index is 2.12. The van der Waals surface area contributed by atoms with Crippen molar-refractivity contribution >= 4 is 5.78 Å². The molecule has 1 heterocycles. The van der Waals surface area contributed by atoms with E-state index in [2.05, 4.69) is 0 Å². The summed E-state index contributed by atoms with van der Waals surface area (Å²) in [7, 11) is 0. The molecule has 9 heavy (non-hydrogen) atoms. The number of carbonyl (C=O) groups is 1. The minimum Gasteiger partial charge on any atom is -0.367 e. The van der Waals surface area contributed by atoms with Gasteiger partial charge < -0.3 is 4.74 Å². The van der Waals surface area contributed by atoms with Crippen LogP contribution in [-0.2, 0) is 9.53 Å². The van der Waals surface area contributed by atoms with Gasteiger partial charge in [-0.2, -0.15) is 0 Å². The lowest BCUT2D eigenvalue weighted by atomic mass is 10.1. The van der Waals surface area contributed by atoms with Gasteiger partial charge in [-0.05, 0) is 19.3 Å². The summed E-state index contributed by atoms with van der Waals surface area (Å²) in [5.74, 6) is 0.341. The third-order valence-corrected chi connectivity index (χ3v) is 2.14. The van der Waals surface area contributed by atoms with E-state index in [0.29, 0.717) is 5.78 Å². The first-order chi connectivity index (χ1) is 4.33. The highest BCUT2D eigenvalue weighted by atomic mass is 16.5. The zero-order chi connectivity index (χ0) is 6.32. The maximum Gasteiger partial charge on any atom is 0.164 e. The molecule has 2 rings (SSSR count). The maximum absolute atomic E-state index is 11.1. The number of Topliss-reactive ketones (excluding diaryl/α,β-unsaturated/α-hetero) is 1. The molecule has 0 bridgehead atoms. The predicted molar refractivity (Wildman–Crippen MR) is 32.2 cm³/mol. The van der Waals surface area contributed by atoms with Crippen LogP contribution in [0.15, 0.2) is 0 Å². The van der Waals surface area contributed by atoms with Crippen LogP contribution in [0.3, 0.4) is 0 Å². The number of ether oxygens (including phenoxy) is 1. The topological polar surface area (TPSA) is 26.3 Å². The monoisotopic (exact) mass is 126 g/mol. The zero-order valence-electron chi connectivity index (χ0n) is 5.35. The normalized spacial score (nSPS) is 30.9. The molecule has 0 aromatic carbocycles. The molecule has 1 aliphatic carbocycles. The van der Waals surface area contributed by atoms with Crippen molar-refractivity contribution in [2.45, 2.75) is 31.3 Å². The summed E-state index contributed by atoms with van der Waals surface area (Å²) in [6.07, 6.45) is 3.64. The molecule has 0 radical (unpaired) electrons. The summed E-state index contributed by atoms with van der Waals surface area (Å²) >= 11 is 0. The summed E-state index contributed by atoms with van der Waals surface area (Å²) < 4.78 is 5.34. The van der Waals surface area contributed by atoms with Crippen molar-refractivity contribution in [2.75, 3.05) is 6.61 Å². The van der Waals surface area contributed by atoms with E-state index in [1.165, 1.54) is 0 Å². The van der Waals surface area contributed by atoms with E-state index < -0.39 is 0 Å². The average molecular weight is 126 g/mol. The largest absolute Gasteiger partial charge is 0.367 e. The zero-order valence-corrected chi connectivity index (χ0v) is 5.35. The van der Waals surface area contributed by atoms with Crippen LogP contribution in [0.5, 0.6) is 0 Å². The van der Waals surface area contributed by atoms with Crippen molar-refractivity contribution in [3.05, 3.63) is 0 Å². The molecular weight excluding hydrogens is 116 g/mol. The number of hydrogen-bond donors (Lipinski definition) is 0. The van der Waals surface area contributed by atoms with E-state index in [9.17, 15) is 4.79 Å². The van der Waals surface area contributed by atoms with Crippen LogP contribution < -0.4 is 0 Å². The van der Waals surface area contributed by atoms with Gasteiger partial charge >= 0.3 is 0 Å². The minimum atomic E-state index is -0.252. The Morgan fingerprint density at radius 1 is 1.44 bits per heavy atom. The maximum atomic E-state index is 11.1. The van der Waals surface area contributed by atoms with E-state index in [4.69, 9.17) is 4.74 Å². The van der Waals surface area contributed by atoms with Gasteiger partial charge in [-0.1, -0.05) is 0 Å². The molecule has 1 spiro atoms. The molecular formula is C7H10O2. The molecule has 2 aliphatic rings. The number of carbonyl (C=O) groups excluding carboxylic acids is 1. The second-order valence-corrected chi connectivity index (χ2v) is 2.87. The highest BCUT2D eigenvalue weighted by molar-refractivity contribution is 5.90. The summed E-state index contributed by atoms with van der Waals surface area (Å²) in [5, 5.41) is 0. The average Bonchev–Trinajstić information content (AvgIpc) is 2.60. The Bertz CT molecular complexity index is 147. The van der Waals surface area contributed by atoms with Gasteiger partial charge in [0.2, 0.25) is 0 Å². The van der Waals surface area contributed by atoms with Crippen molar-refractivity contribution in [1.82, 2.24) is 0 Å². The third-order valence-electron chi connectivity index (χ3n) is 2.14. The molecule has 2 heteroatoms. The van der Waals surface area contributed by atoms with Gasteiger partial charge in [-0.15, -0.1) is 0 Å². The molecule has 0 N–H and O–H groups in total. The van der Waals surface area contributed by atoms with Gasteiger partial charge in [-0.25, -0.2) is 0 Å². The van der Waals surface area contributed by atoms with E-state index in [1.807, 2.05) is 0 Å². The fourth-order valence-electron chi connectivity index (χ4n) is 1.35. The van der Waals surface area contributed by atoms with Crippen LogP contribution in [0.4, 0.5) is 0 Å². The molecule has 2 fully saturated rings. The van der Waals surface area contributed by atoms with Crippen molar-refractivity contribution in [3.63, 3.8) is 0 Å². The summed E-state index contributed by atoms with van der Waals surface area (Å²) in [6, 6.07) is 0. The molecule has 0 amide bonds. The molecule has 1 aliphatic heterocycles. The van der Waals surface area contributed by atoms with Gasteiger partial charge in [0.1, 0.15) is 5.60 Å². The second-order valence-electron chi connectivity index (χ2n) is 2.87. The van der Waals surface area contributed by atoms with E-state index >= 15 is 0 Å². The minimum absolute atomic E-state index is 0.252. The SMILES string of the molecule is O=C1CCCOC12CC2. The first kappa shape index (κ1) is 5.42. The lowest BCUT2D eigenvalue weighted by Gasteiger charge is -2.19. The highest BCUT2D eigenvalue weighted by Crippen LogP contribution is 2.43. The van der Waals surface area contributed by atoms with Crippen LogP contribution in [0, 0.1) is 0 Å². The third kappa shape index (κ3) is 0.697. The van der Waals surface area contributed by atoms with Gasteiger partial charge in [0, 0.05) is 13.0 Å². The van der Waals surface area contributed by atoms with E-state index in [-0.39, 0.29) is 5.60 Å². The lowest BCUT2D eigenvalue weighted by Crippen LogP contribution is -2.31. The van der Waals surface area contributed by atoms with E-state index in [1.54, 1.807) is 0 Å². The predicted octanol–water partition coefficient (Wildman–Crippen LogP) is 0.899.